The molecule has 0 spiro atoms. The fraction of sp³-hybridized carbons (Fsp3) is 0.273. The minimum Gasteiger partial charge on any atom is -0.337 e. The number of carbonyl (C=O) groups excluding carboxylic acids is 1. The number of anilines is 1. The largest absolute Gasteiger partial charge is 0.337 e. The summed E-state index contributed by atoms with van der Waals surface area (Å²) in [4.78, 5) is 17.6. The summed E-state index contributed by atoms with van der Waals surface area (Å²) in [5.74, 6) is 1.19. The van der Waals surface area contributed by atoms with E-state index in [1.807, 2.05) is 6.92 Å². The van der Waals surface area contributed by atoms with Crippen molar-refractivity contribution in [1.82, 2.24) is 10.3 Å². The van der Waals surface area contributed by atoms with E-state index in [0.717, 1.165) is 11.3 Å². The zero-order chi connectivity index (χ0) is 18.4. The number of hydrogen-bond acceptors (Lipinski definition) is 3. The van der Waals surface area contributed by atoms with Gasteiger partial charge in [-0.3, -0.25) is 5.32 Å². The molecule has 2 amide bonds. The highest BCUT2D eigenvalue weighted by molar-refractivity contribution is 7.15. The van der Waals surface area contributed by atoms with E-state index in [1.54, 1.807) is 6.20 Å². The molecule has 136 valence electrons. The lowest BCUT2D eigenvalue weighted by atomic mass is 9.59. The van der Waals surface area contributed by atoms with E-state index in [-0.39, 0.29) is 6.03 Å². The Labute approximate surface area is 162 Å². The molecular formula is C22H21N3OS. The number of fused-ring (bicyclic) bond motifs is 1. The SMILES string of the molecule is Cc1cnc(NC(=O)NCC2CC3c4ccccc4C2c2ccccc23)s1. The van der Waals surface area contributed by atoms with Crippen molar-refractivity contribution >= 4 is 22.5 Å². The third kappa shape index (κ3) is 2.82. The number of carbonyl (C=O) groups is 1. The Kier molecular flexibility index (Phi) is 3.97. The van der Waals surface area contributed by atoms with E-state index in [1.165, 1.54) is 33.6 Å². The van der Waals surface area contributed by atoms with Crippen molar-refractivity contribution in [3.8, 4) is 0 Å². The number of urea groups is 1. The normalized spacial score (nSPS) is 22.0. The lowest BCUT2D eigenvalue weighted by Crippen LogP contribution is -2.40. The van der Waals surface area contributed by atoms with Gasteiger partial charge >= 0.3 is 6.03 Å². The maximum absolute atomic E-state index is 12.3. The molecule has 3 aliphatic rings. The Morgan fingerprint density at radius 3 is 2.30 bits per heavy atom. The average molecular weight is 375 g/mol. The van der Waals surface area contributed by atoms with Gasteiger partial charge in [0.05, 0.1) is 0 Å². The first-order valence-electron chi connectivity index (χ1n) is 9.35. The summed E-state index contributed by atoms with van der Waals surface area (Å²) in [6.07, 6.45) is 2.85. The quantitative estimate of drug-likeness (QED) is 0.686. The van der Waals surface area contributed by atoms with Crippen LogP contribution in [0.3, 0.4) is 0 Å². The van der Waals surface area contributed by atoms with Crippen molar-refractivity contribution in [2.24, 2.45) is 5.92 Å². The number of hydrogen-bond donors (Lipinski definition) is 2. The van der Waals surface area contributed by atoms with E-state index in [4.69, 9.17) is 0 Å². The minimum absolute atomic E-state index is 0.174. The van der Waals surface area contributed by atoms with E-state index in [9.17, 15) is 4.79 Å². The maximum Gasteiger partial charge on any atom is 0.321 e. The van der Waals surface area contributed by atoms with Gasteiger partial charge in [0.1, 0.15) is 0 Å². The summed E-state index contributed by atoms with van der Waals surface area (Å²) in [7, 11) is 0. The van der Waals surface area contributed by atoms with Gasteiger partial charge < -0.3 is 5.32 Å². The Morgan fingerprint density at radius 1 is 1.07 bits per heavy atom. The first-order chi connectivity index (χ1) is 13.2. The van der Waals surface area contributed by atoms with Crippen molar-refractivity contribution in [2.45, 2.75) is 25.2 Å². The minimum atomic E-state index is -0.174. The molecule has 0 saturated carbocycles. The lowest BCUT2D eigenvalue weighted by Gasteiger charge is -2.45. The second-order valence-electron chi connectivity index (χ2n) is 7.39. The Balaban J connectivity index is 1.37. The van der Waals surface area contributed by atoms with Crippen LogP contribution in [0.4, 0.5) is 9.93 Å². The van der Waals surface area contributed by atoms with Gasteiger partial charge in [-0.25, -0.2) is 9.78 Å². The van der Waals surface area contributed by atoms with Gasteiger partial charge in [-0.2, -0.15) is 0 Å². The number of aryl methyl sites for hydroxylation is 1. The smallest absolute Gasteiger partial charge is 0.321 e. The van der Waals surface area contributed by atoms with Crippen LogP contribution >= 0.6 is 11.3 Å². The van der Waals surface area contributed by atoms with Gasteiger partial charge in [-0.05, 0) is 41.5 Å². The fourth-order valence-electron chi connectivity index (χ4n) is 4.74. The number of amides is 2. The first-order valence-corrected chi connectivity index (χ1v) is 10.2. The lowest BCUT2D eigenvalue weighted by molar-refractivity contribution is 0.247. The van der Waals surface area contributed by atoms with E-state index in [2.05, 4.69) is 64.1 Å². The molecule has 2 N–H and O–H groups in total. The summed E-state index contributed by atoms with van der Waals surface area (Å²) in [5, 5.41) is 6.56. The summed E-state index contributed by atoms with van der Waals surface area (Å²) in [6.45, 7) is 2.65. The highest BCUT2D eigenvalue weighted by Gasteiger charge is 2.42. The molecule has 0 radical (unpaired) electrons. The Morgan fingerprint density at radius 2 is 1.70 bits per heavy atom. The molecule has 1 heterocycles. The molecule has 4 nitrogen and oxygen atoms in total. The second kappa shape index (κ2) is 6.50. The summed E-state index contributed by atoms with van der Waals surface area (Å²) < 4.78 is 0. The van der Waals surface area contributed by atoms with Crippen molar-refractivity contribution < 1.29 is 4.79 Å². The number of aromatic nitrogens is 1. The molecule has 27 heavy (non-hydrogen) atoms. The van der Waals surface area contributed by atoms with Crippen LogP contribution in [0.2, 0.25) is 0 Å². The standard InChI is InChI=1S/C22H21N3OS/c1-13-11-24-22(27-13)25-21(26)23-12-14-10-19-15-6-2-4-8-17(15)20(14)18-9-5-3-7-16(18)19/h2-9,11,14,19-20H,10,12H2,1H3,(H2,23,24,25,26). The fourth-order valence-corrected chi connectivity index (χ4v) is 5.40. The van der Waals surface area contributed by atoms with Crippen molar-refractivity contribution in [2.75, 3.05) is 11.9 Å². The summed E-state index contributed by atoms with van der Waals surface area (Å²) in [6, 6.07) is 17.4. The molecule has 1 unspecified atom stereocenters. The van der Waals surface area contributed by atoms with E-state index in [0.29, 0.717) is 29.4 Å². The molecule has 5 heteroatoms. The van der Waals surface area contributed by atoms with Crippen LogP contribution in [-0.4, -0.2) is 17.6 Å². The summed E-state index contributed by atoms with van der Waals surface area (Å²) >= 11 is 1.49. The average Bonchev–Trinajstić information content (AvgIpc) is 3.11. The zero-order valence-corrected chi connectivity index (χ0v) is 15.9. The van der Waals surface area contributed by atoms with Gasteiger partial charge in [-0.15, -0.1) is 11.3 Å². The first kappa shape index (κ1) is 16.5. The molecule has 2 aromatic carbocycles. The topological polar surface area (TPSA) is 54.0 Å². The van der Waals surface area contributed by atoms with Gasteiger partial charge in [0.25, 0.3) is 0 Å². The molecular weight excluding hydrogens is 354 g/mol. The van der Waals surface area contributed by atoms with Gasteiger partial charge in [0, 0.05) is 29.5 Å². The number of nitrogens with zero attached hydrogens (tertiary/aromatic N) is 1. The van der Waals surface area contributed by atoms with Crippen molar-refractivity contribution in [3.05, 3.63) is 81.9 Å². The molecule has 1 aromatic heterocycles. The number of thiazole rings is 1. The second-order valence-corrected chi connectivity index (χ2v) is 8.63. The monoisotopic (exact) mass is 375 g/mol. The maximum atomic E-state index is 12.3. The van der Waals surface area contributed by atoms with Crippen LogP contribution < -0.4 is 10.6 Å². The highest BCUT2D eigenvalue weighted by Crippen LogP contribution is 2.55. The predicted octanol–water partition coefficient (Wildman–Crippen LogP) is 4.87. The van der Waals surface area contributed by atoms with Crippen LogP contribution in [-0.2, 0) is 0 Å². The number of benzene rings is 2. The summed E-state index contributed by atoms with van der Waals surface area (Å²) in [5.41, 5.74) is 5.77. The van der Waals surface area contributed by atoms with Crippen LogP contribution in [0.15, 0.2) is 54.7 Å². The van der Waals surface area contributed by atoms with Crippen LogP contribution in [0.1, 0.15) is 45.4 Å². The Hall–Kier alpha value is -2.66. The number of nitrogens with one attached hydrogen (secondary N) is 2. The molecule has 2 bridgehead atoms. The molecule has 6 rings (SSSR count). The molecule has 3 aliphatic carbocycles. The van der Waals surface area contributed by atoms with Crippen molar-refractivity contribution in [1.29, 1.82) is 0 Å². The van der Waals surface area contributed by atoms with Crippen molar-refractivity contribution in [3.63, 3.8) is 0 Å². The molecule has 3 aromatic rings. The molecule has 0 aliphatic heterocycles. The molecule has 0 saturated heterocycles. The molecule has 1 atom stereocenters. The van der Waals surface area contributed by atoms with E-state index >= 15 is 0 Å². The van der Waals surface area contributed by atoms with Crippen LogP contribution in [0.25, 0.3) is 0 Å². The third-order valence-electron chi connectivity index (χ3n) is 5.79. The van der Waals surface area contributed by atoms with Gasteiger partial charge in [0.15, 0.2) is 5.13 Å². The van der Waals surface area contributed by atoms with Gasteiger partial charge in [0.2, 0.25) is 0 Å². The van der Waals surface area contributed by atoms with E-state index < -0.39 is 0 Å². The van der Waals surface area contributed by atoms with Crippen LogP contribution in [0, 0.1) is 12.8 Å². The third-order valence-corrected chi connectivity index (χ3v) is 6.62. The highest BCUT2D eigenvalue weighted by atomic mass is 32.1. The number of rotatable bonds is 3. The Bertz CT molecular complexity index is 965. The zero-order valence-electron chi connectivity index (χ0n) is 15.1. The molecule has 0 fully saturated rings. The predicted molar refractivity (Wildman–Crippen MR) is 109 cm³/mol. The van der Waals surface area contributed by atoms with Gasteiger partial charge in [-0.1, -0.05) is 48.5 Å². The van der Waals surface area contributed by atoms with Crippen LogP contribution in [0.5, 0.6) is 0 Å².